The van der Waals surface area contributed by atoms with E-state index in [1.165, 1.54) is 0 Å². The molecule has 120 valence electrons. The molecule has 0 spiro atoms. The Morgan fingerprint density at radius 1 is 1.22 bits per heavy atom. The third kappa shape index (κ3) is 4.26. The molecule has 1 heterocycles. The van der Waals surface area contributed by atoms with Crippen molar-refractivity contribution in [1.82, 2.24) is 10.3 Å². The molecule has 2 aromatic rings. The average Bonchev–Trinajstić information content (AvgIpc) is 2.53. The number of carbonyl (C=O) groups is 3. The molecule has 0 bridgehead atoms. The summed E-state index contributed by atoms with van der Waals surface area (Å²) in [4.78, 5) is 39.3. The van der Waals surface area contributed by atoms with Crippen LogP contribution < -0.4 is 11.1 Å². The molecule has 0 radical (unpaired) electrons. The molecule has 7 heteroatoms. The van der Waals surface area contributed by atoms with Gasteiger partial charge in [0, 0.05) is 5.39 Å². The molecule has 0 aliphatic heterocycles. The van der Waals surface area contributed by atoms with Crippen LogP contribution in [0.25, 0.3) is 10.9 Å². The third-order valence-corrected chi connectivity index (χ3v) is 3.16. The maximum atomic E-state index is 12.2. The molecule has 1 atom stereocenters. The Bertz CT molecular complexity index is 745. The Morgan fingerprint density at radius 2 is 1.96 bits per heavy atom. The number of nitrogens with zero attached hydrogens (tertiary/aromatic N) is 1. The zero-order chi connectivity index (χ0) is 16.8. The number of hydrogen-bond donors (Lipinski definition) is 2. The minimum atomic E-state index is -1.14. The van der Waals surface area contributed by atoms with Crippen LogP contribution in [0.5, 0.6) is 0 Å². The first-order chi connectivity index (χ1) is 11.0. The van der Waals surface area contributed by atoms with Gasteiger partial charge in [-0.15, -0.1) is 0 Å². The topological polar surface area (TPSA) is 111 Å². The van der Waals surface area contributed by atoms with Crippen molar-refractivity contribution in [3.63, 3.8) is 0 Å². The van der Waals surface area contributed by atoms with Crippen LogP contribution in [0.15, 0.2) is 36.4 Å². The van der Waals surface area contributed by atoms with Gasteiger partial charge in [-0.3, -0.25) is 14.4 Å². The zero-order valence-electron chi connectivity index (χ0n) is 12.6. The summed E-state index contributed by atoms with van der Waals surface area (Å²) in [5.74, 6) is -2.00. The Labute approximate surface area is 132 Å². The van der Waals surface area contributed by atoms with Gasteiger partial charge in [0.15, 0.2) is 0 Å². The number of fused-ring (bicyclic) bond motifs is 1. The quantitative estimate of drug-likeness (QED) is 0.765. The fraction of sp³-hybridized carbons (Fsp3) is 0.250. The number of hydrogen-bond acceptors (Lipinski definition) is 5. The summed E-state index contributed by atoms with van der Waals surface area (Å²) in [5, 5.41) is 3.30. The number of ether oxygens (including phenoxy) is 1. The first kappa shape index (κ1) is 16.4. The Hall–Kier alpha value is -2.96. The van der Waals surface area contributed by atoms with Crippen LogP contribution in [-0.4, -0.2) is 35.4 Å². The number of esters is 1. The molecule has 0 aliphatic rings. The van der Waals surface area contributed by atoms with E-state index in [0.29, 0.717) is 5.52 Å². The average molecular weight is 315 g/mol. The second-order valence-electron chi connectivity index (χ2n) is 4.83. The zero-order valence-corrected chi connectivity index (χ0v) is 12.6. The number of nitrogens with two attached hydrogens (primary N) is 1. The van der Waals surface area contributed by atoms with E-state index in [-0.39, 0.29) is 18.7 Å². The molecule has 2 rings (SSSR count). The van der Waals surface area contributed by atoms with Crippen molar-refractivity contribution in [3.8, 4) is 0 Å². The fourth-order valence-corrected chi connectivity index (χ4v) is 2.03. The lowest BCUT2D eigenvalue weighted by Crippen LogP contribution is -2.46. The smallest absolute Gasteiger partial charge is 0.308 e. The van der Waals surface area contributed by atoms with E-state index in [1.807, 2.05) is 18.2 Å². The number of primary amides is 1. The number of para-hydroxylation sites is 1. The molecule has 1 aromatic heterocycles. The number of amides is 2. The predicted octanol–water partition coefficient (Wildman–Crippen LogP) is 0.772. The van der Waals surface area contributed by atoms with Gasteiger partial charge in [0.05, 0.1) is 18.5 Å². The van der Waals surface area contributed by atoms with Crippen LogP contribution in [0.4, 0.5) is 0 Å². The lowest BCUT2D eigenvalue weighted by atomic mass is 10.1. The molecule has 0 saturated carbocycles. The second-order valence-corrected chi connectivity index (χ2v) is 4.83. The molecular formula is C16H17N3O4. The number of aromatic nitrogens is 1. The Balaban J connectivity index is 2.13. The molecule has 23 heavy (non-hydrogen) atoms. The van der Waals surface area contributed by atoms with Gasteiger partial charge in [-0.25, -0.2) is 4.98 Å². The van der Waals surface area contributed by atoms with Gasteiger partial charge in [-0.1, -0.05) is 24.3 Å². The van der Waals surface area contributed by atoms with Gasteiger partial charge in [0.25, 0.3) is 5.91 Å². The lowest BCUT2D eigenvalue weighted by molar-refractivity contribution is -0.145. The highest BCUT2D eigenvalue weighted by molar-refractivity contribution is 5.98. The van der Waals surface area contributed by atoms with Gasteiger partial charge in [-0.05, 0) is 19.1 Å². The summed E-state index contributed by atoms with van der Waals surface area (Å²) in [7, 11) is 0. The molecule has 0 saturated heterocycles. The van der Waals surface area contributed by atoms with Crippen molar-refractivity contribution in [2.75, 3.05) is 6.61 Å². The predicted molar refractivity (Wildman–Crippen MR) is 83.4 cm³/mol. The first-order valence-electron chi connectivity index (χ1n) is 7.13. The summed E-state index contributed by atoms with van der Waals surface area (Å²) in [5.41, 5.74) is 6.01. The van der Waals surface area contributed by atoms with Crippen molar-refractivity contribution in [2.24, 2.45) is 5.73 Å². The van der Waals surface area contributed by atoms with E-state index in [0.717, 1.165) is 5.39 Å². The number of rotatable bonds is 6. The molecule has 7 nitrogen and oxygen atoms in total. The summed E-state index contributed by atoms with van der Waals surface area (Å²) in [6.07, 6.45) is -0.317. The van der Waals surface area contributed by atoms with Gasteiger partial charge in [0.2, 0.25) is 5.91 Å². The number of nitrogens with one attached hydrogen (secondary N) is 1. The standard InChI is InChI=1S/C16H17N3O4/c1-2-23-14(20)9-13(15(17)21)19-16(22)12-8-7-10-5-3-4-6-11(10)18-12/h3-8,13H,2,9H2,1H3,(H2,17,21)(H,19,22)/t13-/m0/s1. The van der Waals surface area contributed by atoms with E-state index in [1.54, 1.807) is 25.1 Å². The maximum Gasteiger partial charge on any atom is 0.308 e. The molecular weight excluding hydrogens is 298 g/mol. The maximum absolute atomic E-state index is 12.2. The Kier molecular flexibility index (Phi) is 5.24. The van der Waals surface area contributed by atoms with Crippen LogP contribution in [0.1, 0.15) is 23.8 Å². The molecule has 1 aromatic carbocycles. The van der Waals surface area contributed by atoms with Crippen molar-refractivity contribution in [2.45, 2.75) is 19.4 Å². The normalized spacial score (nSPS) is 11.7. The largest absolute Gasteiger partial charge is 0.466 e. The van der Waals surface area contributed by atoms with Crippen molar-refractivity contribution < 1.29 is 19.1 Å². The number of pyridine rings is 1. The van der Waals surface area contributed by atoms with Crippen molar-refractivity contribution in [1.29, 1.82) is 0 Å². The highest BCUT2D eigenvalue weighted by Crippen LogP contribution is 2.12. The van der Waals surface area contributed by atoms with Crippen LogP contribution >= 0.6 is 0 Å². The van der Waals surface area contributed by atoms with E-state index in [4.69, 9.17) is 10.5 Å². The third-order valence-electron chi connectivity index (χ3n) is 3.16. The molecule has 0 fully saturated rings. The van der Waals surface area contributed by atoms with Crippen LogP contribution in [-0.2, 0) is 14.3 Å². The van der Waals surface area contributed by atoms with Crippen molar-refractivity contribution >= 4 is 28.7 Å². The van der Waals surface area contributed by atoms with E-state index < -0.39 is 23.8 Å². The molecule has 0 unspecified atom stereocenters. The monoisotopic (exact) mass is 315 g/mol. The number of benzene rings is 1. The van der Waals surface area contributed by atoms with Gasteiger partial charge in [0.1, 0.15) is 11.7 Å². The summed E-state index contributed by atoms with van der Waals surface area (Å²) in [6, 6.07) is 9.47. The SMILES string of the molecule is CCOC(=O)C[C@H](NC(=O)c1ccc2ccccc2n1)C(N)=O. The van der Waals surface area contributed by atoms with Crippen LogP contribution in [0.2, 0.25) is 0 Å². The second kappa shape index (κ2) is 7.35. The van der Waals surface area contributed by atoms with Gasteiger partial charge in [-0.2, -0.15) is 0 Å². The highest BCUT2D eigenvalue weighted by Gasteiger charge is 2.23. The van der Waals surface area contributed by atoms with Gasteiger partial charge >= 0.3 is 5.97 Å². The fourth-order valence-electron chi connectivity index (χ4n) is 2.03. The van der Waals surface area contributed by atoms with E-state index in [9.17, 15) is 14.4 Å². The minimum absolute atomic E-state index is 0.138. The summed E-state index contributed by atoms with van der Waals surface area (Å²) < 4.78 is 4.75. The van der Waals surface area contributed by atoms with E-state index >= 15 is 0 Å². The van der Waals surface area contributed by atoms with Gasteiger partial charge < -0.3 is 15.8 Å². The van der Waals surface area contributed by atoms with Crippen LogP contribution in [0.3, 0.4) is 0 Å². The summed E-state index contributed by atoms with van der Waals surface area (Å²) >= 11 is 0. The van der Waals surface area contributed by atoms with E-state index in [2.05, 4.69) is 10.3 Å². The lowest BCUT2D eigenvalue weighted by Gasteiger charge is -2.14. The summed E-state index contributed by atoms with van der Waals surface area (Å²) in [6.45, 7) is 1.83. The minimum Gasteiger partial charge on any atom is -0.466 e. The van der Waals surface area contributed by atoms with Crippen molar-refractivity contribution in [3.05, 3.63) is 42.1 Å². The highest BCUT2D eigenvalue weighted by atomic mass is 16.5. The first-order valence-corrected chi connectivity index (χ1v) is 7.13. The van der Waals surface area contributed by atoms with Crippen LogP contribution in [0, 0.1) is 0 Å². The molecule has 0 aliphatic carbocycles. The Morgan fingerprint density at radius 3 is 2.65 bits per heavy atom. The molecule has 2 amide bonds. The number of carbonyl (C=O) groups excluding carboxylic acids is 3. The molecule has 3 N–H and O–H groups in total.